The number of nitrogens with zero attached hydrogens (tertiary/aromatic N) is 2. The molecule has 2 aromatic heterocycles. The molecule has 0 bridgehead atoms. The van der Waals surface area contributed by atoms with Gasteiger partial charge in [-0.25, -0.2) is 0 Å². The number of carbonyl (C=O) groups is 1. The molecule has 4 rings (SSSR count). The number of benzene rings is 1. The summed E-state index contributed by atoms with van der Waals surface area (Å²) in [5.41, 5.74) is 2.87. The molecule has 0 unspecified atom stereocenters. The molecule has 1 amide bonds. The summed E-state index contributed by atoms with van der Waals surface area (Å²) < 4.78 is 5.61. The van der Waals surface area contributed by atoms with E-state index in [9.17, 15) is 4.79 Å². The molecule has 2 atom stereocenters. The molecule has 1 aromatic carbocycles. The van der Waals surface area contributed by atoms with Gasteiger partial charge < -0.3 is 25.3 Å². The van der Waals surface area contributed by atoms with E-state index in [1.54, 1.807) is 13.3 Å². The highest BCUT2D eigenvalue weighted by Crippen LogP contribution is 2.42. The number of rotatable bonds is 5. The maximum atomic E-state index is 12.5. The van der Waals surface area contributed by atoms with E-state index in [1.807, 2.05) is 75.5 Å². The maximum Gasteiger partial charge on any atom is 0.229 e. The van der Waals surface area contributed by atoms with Crippen LogP contribution in [0, 0.1) is 5.41 Å². The van der Waals surface area contributed by atoms with Gasteiger partial charge in [0.15, 0.2) is 5.11 Å². The van der Waals surface area contributed by atoms with Crippen molar-refractivity contribution in [2.45, 2.75) is 32.9 Å². The van der Waals surface area contributed by atoms with Crippen LogP contribution in [-0.4, -0.2) is 28.1 Å². The van der Waals surface area contributed by atoms with Gasteiger partial charge in [-0.3, -0.25) is 9.78 Å². The molecule has 3 heterocycles. The summed E-state index contributed by atoms with van der Waals surface area (Å²) in [6, 6.07) is 15.3. The van der Waals surface area contributed by atoms with Crippen LogP contribution in [0.5, 0.6) is 5.75 Å². The number of H-pyrrole nitrogens is 1. The van der Waals surface area contributed by atoms with Crippen molar-refractivity contribution in [3.8, 4) is 5.75 Å². The van der Waals surface area contributed by atoms with Crippen molar-refractivity contribution in [1.29, 1.82) is 0 Å². The minimum Gasteiger partial charge on any atom is -0.494 e. The number of aromatic amines is 1. The normalized spacial score (nSPS) is 18.4. The van der Waals surface area contributed by atoms with Crippen molar-refractivity contribution in [2.24, 2.45) is 5.41 Å². The van der Waals surface area contributed by atoms with Crippen LogP contribution in [0.15, 0.2) is 60.9 Å². The average Bonchev–Trinajstić information content (AvgIpc) is 3.41. The van der Waals surface area contributed by atoms with Gasteiger partial charge in [0.2, 0.25) is 5.91 Å². The lowest BCUT2D eigenvalue weighted by Gasteiger charge is -2.28. The van der Waals surface area contributed by atoms with Gasteiger partial charge in [-0.15, -0.1) is 0 Å². The van der Waals surface area contributed by atoms with Gasteiger partial charge >= 0.3 is 0 Å². The molecule has 1 fully saturated rings. The van der Waals surface area contributed by atoms with Crippen LogP contribution in [0.4, 0.5) is 11.4 Å². The van der Waals surface area contributed by atoms with E-state index in [0.29, 0.717) is 16.5 Å². The summed E-state index contributed by atoms with van der Waals surface area (Å²) in [6.07, 6.45) is 3.68. The van der Waals surface area contributed by atoms with E-state index < -0.39 is 5.41 Å². The van der Waals surface area contributed by atoms with Crippen molar-refractivity contribution >= 4 is 34.6 Å². The molecular weight excluding hydrogens is 422 g/mol. The number of anilines is 2. The van der Waals surface area contributed by atoms with Gasteiger partial charge in [0.25, 0.3) is 0 Å². The second-order valence-electron chi connectivity index (χ2n) is 8.71. The first-order chi connectivity index (χ1) is 15.3. The summed E-state index contributed by atoms with van der Waals surface area (Å²) >= 11 is 5.74. The number of aromatic nitrogens is 2. The van der Waals surface area contributed by atoms with E-state index in [2.05, 4.69) is 25.5 Å². The monoisotopic (exact) mass is 449 g/mol. The molecular formula is C24H27N5O2S. The largest absolute Gasteiger partial charge is 0.494 e. The molecule has 1 aliphatic heterocycles. The quantitative estimate of drug-likeness (QED) is 0.495. The third-order valence-electron chi connectivity index (χ3n) is 5.43. The number of amides is 1. The van der Waals surface area contributed by atoms with E-state index in [0.717, 1.165) is 17.1 Å². The lowest BCUT2D eigenvalue weighted by molar-refractivity contribution is -0.123. The van der Waals surface area contributed by atoms with Crippen LogP contribution in [0.25, 0.3) is 0 Å². The Morgan fingerprint density at radius 1 is 1.19 bits per heavy atom. The summed E-state index contributed by atoms with van der Waals surface area (Å²) in [4.78, 5) is 22.4. The third kappa shape index (κ3) is 4.18. The predicted octanol–water partition coefficient (Wildman–Crippen LogP) is 4.58. The van der Waals surface area contributed by atoms with Crippen LogP contribution < -0.4 is 20.3 Å². The zero-order valence-electron chi connectivity index (χ0n) is 18.5. The second kappa shape index (κ2) is 8.63. The van der Waals surface area contributed by atoms with Crippen molar-refractivity contribution in [1.82, 2.24) is 15.3 Å². The fourth-order valence-corrected chi connectivity index (χ4v) is 4.07. The Bertz CT molecular complexity index is 1110. The number of hydrogen-bond acceptors (Lipinski definition) is 4. The minimum atomic E-state index is -0.515. The first-order valence-corrected chi connectivity index (χ1v) is 10.8. The van der Waals surface area contributed by atoms with Crippen molar-refractivity contribution < 1.29 is 9.53 Å². The van der Waals surface area contributed by atoms with Crippen LogP contribution in [-0.2, 0) is 4.79 Å². The minimum absolute atomic E-state index is 0.0820. The first-order valence-electron chi connectivity index (χ1n) is 10.4. The maximum absolute atomic E-state index is 12.5. The molecule has 0 radical (unpaired) electrons. The highest BCUT2D eigenvalue weighted by atomic mass is 32.1. The molecule has 0 saturated carbocycles. The Kier molecular flexibility index (Phi) is 5.88. The van der Waals surface area contributed by atoms with E-state index >= 15 is 0 Å². The third-order valence-corrected chi connectivity index (χ3v) is 5.75. The highest BCUT2D eigenvalue weighted by molar-refractivity contribution is 7.80. The molecule has 0 aliphatic carbocycles. The van der Waals surface area contributed by atoms with Crippen LogP contribution in [0.3, 0.4) is 0 Å². The van der Waals surface area contributed by atoms with E-state index in [4.69, 9.17) is 17.0 Å². The molecule has 0 spiro atoms. The van der Waals surface area contributed by atoms with Crippen LogP contribution >= 0.6 is 12.2 Å². The van der Waals surface area contributed by atoms with E-state index in [-0.39, 0.29) is 18.0 Å². The fourth-order valence-electron chi connectivity index (χ4n) is 3.72. The zero-order valence-corrected chi connectivity index (χ0v) is 19.4. The first kappa shape index (κ1) is 21.8. The van der Waals surface area contributed by atoms with Gasteiger partial charge in [-0.2, -0.15) is 0 Å². The van der Waals surface area contributed by atoms with Gasteiger partial charge in [-0.1, -0.05) is 26.8 Å². The smallest absolute Gasteiger partial charge is 0.229 e. The Morgan fingerprint density at radius 3 is 2.62 bits per heavy atom. The summed E-state index contributed by atoms with van der Waals surface area (Å²) in [7, 11) is 1.59. The lowest BCUT2D eigenvalue weighted by atomic mass is 9.95. The second-order valence-corrected chi connectivity index (χ2v) is 9.10. The SMILES string of the molecule is COc1cc(N2C(=S)N[C@@H](c3ccccn3)[C@H]2c2ccc[nH]2)ccc1NC(=O)C(C)(C)C. The number of hydrogen-bond donors (Lipinski definition) is 3. The molecule has 32 heavy (non-hydrogen) atoms. The lowest BCUT2D eigenvalue weighted by Crippen LogP contribution is -2.30. The van der Waals surface area contributed by atoms with Gasteiger partial charge in [0.1, 0.15) is 11.8 Å². The van der Waals surface area contributed by atoms with E-state index in [1.165, 1.54) is 0 Å². The molecule has 166 valence electrons. The Morgan fingerprint density at radius 2 is 2.00 bits per heavy atom. The number of nitrogens with one attached hydrogen (secondary N) is 3. The number of pyridine rings is 1. The number of ether oxygens (including phenoxy) is 1. The predicted molar refractivity (Wildman–Crippen MR) is 130 cm³/mol. The average molecular weight is 450 g/mol. The molecule has 1 saturated heterocycles. The fraction of sp³-hybridized carbons (Fsp3) is 0.292. The topological polar surface area (TPSA) is 82.3 Å². The molecule has 7 nitrogen and oxygen atoms in total. The summed E-state index contributed by atoms with van der Waals surface area (Å²) in [5.74, 6) is 0.482. The van der Waals surface area contributed by atoms with Gasteiger partial charge in [0, 0.05) is 35.3 Å². The number of carbonyl (C=O) groups excluding carboxylic acids is 1. The number of methoxy groups -OCH3 is 1. The van der Waals surface area contributed by atoms with Crippen LogP contribution in [0.1, 0.15) is 44.2 Å². The Labute approximate surface area is 193 Å². The summed E-state index contributed by atoms with van der Waals surface area (Å²) in [5, 5.41) is 6.97. The van der Waals surface area contributed by atoms with Crippen molar-refractivity contribution in [2.75, 3.05) is 17.3 Å². The highest BCUT2D eigenvalue weighted by Gasteiger charge is 2.41. The van der Waals surface area contributed by atoms with Gasteiger partial charge in [0.05, 0.1) is 24.5 Å². The van der Waals surface area contributed by atoms with Gasteiger partial charge in [-0.05, 0) is 48.6 Å². The molecule has 1 aliphatic rings. The van der Waals surface area contributed by atoms with Crippen molar-refractivity contribution in [3.63, 3.8) is 0 Å². The standard InChI is InChI=1S/C24H27N5O2S/c1-24(2,3)22(30)27-16-11-10-15(14-19(16)31-4)29-21(18-9-7-13-26-18)20(28-23(29)32)17-8-5-6-12-25-17/h5-14,20-21,26H,1-4H3,(H,27,30)(H,28,32)/t20-,21+/m0/s1. The molecule has 3 aromatic rings. The Hall–Kier alpha value is -3.39. The van der Waals surface area contributed by atoms with Crippen molar-refractivity contribution in [3.05, 3.63) is 72.3 Å². The Balaban J connectivity index is 1.72. The number of thiocarbonyl (C=S) groups is 1. The summed E-state index contributed by atoms with van der Waals surface area (Å²) in [6.45, 7) is 5.61. The molecule has 3 N–H and O–H groups in total. The zero-order chi connectivity index (χ0) is 22.9. The van der Waals surface area contributed by atoms with Crippen LogP contribution in [0.2, 0.25) is 0 Å². The molecule has 8 heteroatoms.